The van der Waals surface area contributed by atoms with E-state index in [1.807, 2.05) is 79.4 Å². The van der Waals surface area contributed by atoms with Crippen LogP contribution in [0.25, 0.3) is 200 Å². The summed E-state index contributed by atoms with van der Waals surface area (Å²) in [6, 6.07) is 136. The minimum absolute atomic E-state index is 0.928. The van der Waals surface area contributed by atoms with E-state index in [0.717, 1.165) is 118 Å². The van der Waals surface area contributed by atoms with Gasteiger partial charge in [-0.3, -0.25) is 19.1 Å². The molecule has 0 spiro atoms. The summed E-state index contributed by atoms with van der Waals surface area (Å²) in [5, 5.41) is 9.58. The number of benzene rings is 13. The number of pyridine rings is 5. The first-order valence-electron chi connectivity index (χ1n) is 37.8. The molecule has 0 amide bonds. The van der Waals surface area contributed by atoms with Crippen LogP contribution < -0.4 is 0 Å². The Kier molecular flexibility index (Phi) is 16.0. The summed E-state index contributed by atoms with van der Waals surface area (Å²) in [4.78, 5) is 24.3. The normalized spacial score (nSPS) is 11.6. The third-order valence-electron chi connectivity index (χ3n) is 21.8. The van der Waals surface area contributed by atoms with E-state index in [9.17, 15) is 0 Å². The number of aromatic nitrogens is 9. The van der Waals surface area contributed by atoms with Crippen LogP contribution >= 0.6 is 0 Å². The molecule has 0 unspecified atom stereocenters. The Hall–Kier alpha value is -15.2. The molecule has 0 aliphatic carbocycles. The predicted molar refractivity (Wildman–Crippen MR) is 463 cm³/mol. The van der Waals surface area contributed by atoms with E-state index in [0.29, 0.717) is 0 Å². The van der Waals surface area contributed by atoms with Crippen LogP contribution in [-0.4, -0.2) is 43.2 Å². The molecule has 0 radical (unpaired) electrons. The van der Waals surface area contributed by atoms with E-state index in [2.05, 4.69) is 356 Å². The third kappa shape index (κ3) is 11.5. The van der Waals surface area contributed by atoms with Crippen LogP contribution in [0.2, 0.25) is 0 Å². The van der Waals surface area contributed by atoms with Crippen LogP contribution in [0.4, 0.5) is 0 Å². The summed E-state index contributed by atoms with van der Waals surface area (Å²) in [6.07, 6.45) is 7.44. The highest BCUT2D eigenvalue weighted by molar-refractivity contribution is 6.14. The maximum Gasteiger partial charge on any atom is 0.145 e. The molecule has 0 bridgehead atoms. The van der Waals surface area contributed by atoms with Crippen molar-refractivity contribution in [1.82, 2.24) is 43.2 Å². The van der Waals surface area contributed by atoms with Crippen molar-refractivity contribution in [2.45, 2.75) is 0 Å². The van der Waals surface area contributed by atoms with Gasteiger partial charge in [0.25, 0.3) is 0 Å². The van der Waals surface area contributed by atoms with Crippen LogP contribution in [0.15, 0.2) is 407 Å². The summed E-state index contributed by atoms with van der Waals surface area (Å²) >= 11 is 0. The smallest absolute Gasteiger partial charge is 0.145 e. The monoisotopic (exact) mass is 1430 g/mol. The topological polar surface area (TPSA) is 84.2 Å². The minimum Gasteiger partial charge on any atom is -0.309 e. The molecule has 0 fully saturated rings. The van der Waals surface area contributed by atoms with Gasteiger partial charge in [-0.1, -0.05) is 206 Å². The van der Waals surface area contributed by atoms with Crippen LogP contribution in [0.1, 0.15) is 0 Å². The minimum atomic E-state index is 0.928. The molecule has 0 aliphatic rings. The predicted octanol–water partition coefficient (Wildman–Crippen LogP) is 26.1. The Bertz CT molecular complexity index is 6760. The highest BCUT2D eigenvalue weighted by Gasteiger charge is 2.21. The number of hydrogen-bond acceptors (Lipinski definition) is 5. The van der Waals surface area contributed by atoms with Gasteiger partial charge in [0.05, 0.1) is 55.9 Å². The summed E-state index contributed by atoms with van der Waals surface area (Å²) < 4.78 is 9.30. The molecule has 9 nitrogen and oxygen atoms in total. The summed E-state index contributed by atoms with van der Waals surface area (Å²) in [7, 11) is 0. The van der Waals surface area contributed by atoms with Gasteiger partial charge < -0.3 is 9.13 Å². The molecule has 22 aromatic rings. The first-order chi connectivity index (χ1) is 55.5. The lowest BCUT2D eigenvalue weighted by Crippen LogP contribution is -1.96. The Morgan fingerprint density at radius 1 is 0.152 bits per heavy atom. The van der Waals surface area contributed by atoms with Gasteiger partial charge in [0.2, 0.25) is 0 Å². The van der Waals surface area contributed by atoms with E-state index in [1.165, 1.54) is 82.2 Å². The summed E-state index contributed by atoms with van der Waals surface area (Å²) in [5.41, 5.74) is 30.5. The second-order valence-corrected chi connectivity index (χ2v) is 28.4. The lowest BCUT2D eigenvalue weighted by Gasteiger charge is -2.12. The maximum absolute atomic E-state index is 5.16. The standard InChI is InChI=1S/C52H34N4.C51H33N5/c1-4-13-35(14-5-1)40-32-47(36-15-6-2-7-16-36)54-48(33-40)37-22-26-42(27-23-37)56-50-29-25-38(31-46(50)45-20-12-30-53-52(45)56)39-24-28-44-43-19-10-11-21-49(43)55(51(44)34-39)41-17-8-3-9-18-41;1-2-11-40(12-3-1)55-48-17-5-4-13-42(48)43-24-20-36(33-50(43)55)35-21-25-49-45(32-35)44-14-10-28-54-51(44)56(49)41-22-18-34(19-23-41)37-29-38(46-15-6-8-26-52-46)31-39(30-37)47-16-7-9-27-53-47/h1-34H;1-33H. The molecule has 9 heteroatoms. The average Bonchev–Trinajstić information content (AvgIpc) is 1.60. The van der Waals surface area contributed by atoms with E-state index < -0.39 is 0 Å². The molecule has 112 heavy (non-hydrogen) atoms. The lowest BCUT2D eigenvalue weighted by molar-refractivity contribution is 1.14. The molecule has 0 saturated carbocycles. The zero-order valence-electron chi connectivity index (χ0n) is 60.7. The molecule has 0 aliphatic heterocycles. The number of nitrogens with zero attached hydrogens (tertiary/aromatic N) is 9. The van der Waals surface area contributed by atoms with Crippen molar-refractivity contribution in [2.24, 2.45) is 0 Å². The molecule has 0 N–H and O–H groups in total. The van der Waals surface area contributed by atoms with Gasteiger partial charge in [-0.25, -0.2) is 15.0 Å². The lowest BCUT2D eigenvalue weighted by atomic mass is 9.96. The molecule has 0 saturated heterocycles. The van der Waals surface area contributed by atoms with Crippen molar-refractivity contribution in [3.05, 3.63) is 407 Å². The van der Waals surface area contributed by atoms with Crippen molar-refractivity contribution in [2.75, 3.05) is 0 Å². The van der Waals surface area contributed by atoms with Crippen molar-refractivity contribution >= 4 is 87.5 Å². The highest BCUT2D eigenvalue weighted by Crippen LogP contribution is 2.43. The molecular formula is C103H67N9. The first-order valence-corrected chi connectivity index (χ1v) is 37.8. The van der Waals surface area contributed by atoms with Crippen LogP contribution in [0, 0.1) is 0 Å². The van der Waals surface area contributed by atoms with Gasteiger partial charge in [0.1, 0.15) is 11.3 Å². The van der Waals surface area contributed by atoms with Crippen molar-refractivity contribution in [3.63, 3.8) is 0 Å². The zero-order valence-corrected chi connectivity index (χ0v) is 60.7. The van der Waals surface area contributed by atoms with Gasteiger partial charge in [-0.2, -0.15) is 0 Å². The first kappa shape index (κ1) is 65.1. The fourth-order valence-electron chi connectivity index (χ4n) is 16.6. The van der Waals surface area contributed by atoms with Gasteiger partial charge in [0, 0.05) is 113 Å². The molecule has 524 valence electrons. The highest BCUT2D eigenvalue weighted by atomic mass is 15.1. The largest absolute Gasteiger partial charge is 0.309 e. The van der Waals surface area contributed by atoms with E-state index in [4.69, 9.17) is 15.0 Å². The SMILES string of the molecule is c1ccc(-c2cc(-c3ccccc3)nc(-c3ccc(-n4c5ccc(-c6ccc7c8ccccc8n(-c8ccccc8)c7c6)cc5c5cccnc54)cc3)c2)cc1.c1ccc(-n2c3ccccc3c3ccc(-c4ccc5c(c4)c4cccnc4n5-c4ccc(-c5cc(-c6ccccn6)cc(-c6ccccn6)c5)cc4)cc32)cc1. The molecular weight excluding hydrogens is 1360 g/mol. The van der Waals surface area contributed by atoms with Crippen molar-refractivity contribution in [1.29, 1.82) is 0 Å². The maximum atomic E-state index is 5.16. The van der Waals surface area contributed by atoms with Gasteiger partial charge in [-0.15, -0.1) is 0 Å². The number of rotatable bonds is 12. The van der Waals surface area contributed by atoms with E-state index in [1.54, 1.807) is 0 Å². The third-order valence-corrected chi connectivity index (χ3v) is 21.8. The number of para-hydroxylation sites is 4. The number of fused-ring (bicyclic) bond motifs is 12. The second-order valence-electron chi connectivity index (χ2n) is 28.4. The Morgan fingerprint density at radius 3 is 0.955 bits per heavy atom. The van der Waals surface area contributed by atoms with Crippen molar-refractivity contribution in [3.8, 4) is 112 Å². The Morgan fingerprint density at radius 2 is 0.482 bits per heavy atom. The van der Waals surface area contributed by atoms with Crippen LogP contribution in [0.3, 0.4) is 0 Å². The van der Waals surface area contributed by atoms with Gasteiger partial charge >= 0.3 is 0 Å². The quantitative estimate of drug-likeness (QED) is 0.122. The fraction of sp³-hybridized carbons (Fsp3) is 0. The molecule has 9 heterocycles. The second kappa shape index (κ2) is 27.5. The average molecular weight is 1430 g/mol. The van der Waals surface area contributed by atoms with E-state index >= 15 is 0 Å². The molecule has 13 aromatic carbocycles. The van der Waals surface area contributed by atoms with Crippen molar-refractivity contribution < 1.29 is 0 Å². The van der Waals surface area contributed by atoms with Crippen LogP contribution in [-0.2, 0) is 0 Å². The molecule has 0 atom stereocenters. The Labute approximate surface area is 645 Å². The molecule has 22 rings (SSSR count). The van der Waals surface area contributed by atoms with Gasteiger partial charge in [-0.05, 0) is 220 Å². The summed E-state index contributed by atoms with van der Waals surface area (Å²) in [6.45, 7) is 0. The number of hydrogen-bond donors (Lipinski definition) is 0. The van der Waals surface area contributed by atoms with Crippen LogP contribution in [0.5, 0.6) is 0 Å². The Balaban J connectivity index is 0.000000141. The van der Waals surface area contributed by atoms with Gasteiger partial charge in [0.15, 0.2) is 0 Å². The van der Waals surface area contributed by atoms with E-state index in [-0.39, 0.29) is 0 Å². The molecule has 9 aromatic heterocycles. The summed E-state index contributed by atoms with van der Waals surface area (Å²) in [5.74, 6) is 0. The fourth-order valence-corrected chi connectivity index (χ4v) is 16.6. The zero-order chi connectivity index (χ0) is 74.0.